The first kappa shape index (κ1) is 10.8. The molecule has 0 fully saturated rings. The smallest absolute Gasteiger partial charge is 0.0513 e. The van der Waals surface area contributed by atoms with Gasteiger partial charge in [0.1, 0.15) is 0 Å². The Morgan fingerprint density at radius 1 is 1.41 bits per heavy atom. The highest BCUT2D eigenvalue weighted by atomic mass is 15.0. The quantitative estimate of drug-likeness (QED) is 0.860. The van der Waals surface area contributed by atoms with Crippen molar-refractivity contribution in [2.45, 2.75) is 45.2 Å². The molecule has 1 unspecified atom stereocenters. The molecule has 3 rings (SSSR count). The molecule has 1 aliphatic rings. The Morgan fingerprint density at radius 2 is 2.29 bits per heavy atom. The number of nitrogens with two attached hydrogens (primary N) is 1. The van der Waals surface area contributed by atoms with Gasteiger partial charge in [-0.3, -0.25) is 0 Å². The molecule has 2 heteroatoms. The van der Waals surface area contributed by atoms with Crippen LogP contribution in [-0.4, -0.2) is 10.6 Å². The van der Waals surface area contributed by atoms with Gasteiger partial charge in [-0.2, -0.15) is 0 Å². The van der Waals surface area contributed by atoms with Gasteiger partial charge in [-0.05, 0) is 55.9 Å². The van der Waals surface area contributed by atoms with Gasteiger partial charge in [-0.1, -0.05) is 6.07 Å². The minimum Gasteiger partial charge on any atom is -0.347 e. The molecule has 2 N–H and O–H groups in total. The Morgan fingerprint density at radius 3 is 3.12 bits per heavy atom. The molecule has 0 saturated carbocycles. The Bertz CT molecular complexity index is 537. The summed E-state index contributed by atoms with van der Waals surface area (Å²) in [5, 5.41) is 1.40. The predicted octanol–water partition coefficient (Wildman–Crippen LogP) is 2.87. The molecular formula is C15H20N2. The van der Waals surface area contributed by atoms with Crippen LogP contribution >= 0.6 is 0 Å². The highest BCUT2D eigenvalue weighted by Gasteiger charge is 2.13. The summed E-state index contributed by atoms with van der Waals surface area (Å²) in [4.78, 5) is 0. The summed E-state index contributed by atoms with van der Waals surface area (Å²) in [5.41, 5.74) is 10.3. The standard InChI is InChI=1S/C15H20N2/c1-11(16)4-5-12-9-13-3-2-7-17-8-6-14(10-12)15(13)17/h6,8-11H,2-5,7,16H2,1H3. The van der Waals surface area contributed by atoms with E-state index in [-0.39, 0.29) is 0 Å². The van der Waals surface area contributed by atoms with Crippen LogP contribution < -0.4 is 5.73 Å². The Kier molecular flexibility index (Phi) is 2.67. The van der Waals surface area contributed by atoms with Gasteiger partial charge in [-0.15, -0.1) is 0 Å². The molecule has 0 amide bonds. The highest BCUT2D eigenvalue weighted by molar-refractivity contribution is 5.84. The monoisotopic (exact) mass is 228 g/mol. The molecule has 1 aromatic carbocycles. The van der Waals surface area contributed by atoms with E-state index in [0.29, 0.717) is 6.04 Å². The van der Waals surface area contributed by atoms with Crippen molar-refractivity contribution in [2.24, 2.45) is 5.73 Å². The molecule has 1 aliphatic heterocycles. The van der Waals surface area contributed by atoms with Gasteiger partial charge in [0.2, 0.25) is 0 Å². The number of hydrogen-bond acceptors (Lipinski definition) is 1. The first-order valence-corrected chi connectivity index (χ1v) is 6.60. The van der Waals surface area contributed by atoms with E-state index in [1.165, 1.54) is 41.4 Å². The number of aryl methyl sites for hydroxylation is 3. The first-order valence-electron chi connectivity index (χ1n) is 6.60. The molecule has 0 aliphatic carbocycles. The summed E-state index contributed by atoms with van der Waals surface area (Å²) in [5.74, 6) is 0. The second-order valence-electron chi connectivity index (χ2n) is 5.32. The topological polar surface area (TPSA) is 30.9 Å². The fourth-order valence-electron chi connectivity index (χ4n) is 2.86. The molecule has 0 spiro atoms. The van der Waals surface area contributed by atoms with Crippen LogP contribution in [0.15, 0.2) is 24.4 Å². The number of aromatic nitrogens is 1. The Labute approximate surface area is 102 Å². The van der Waals surface area contributed by atoms with Gasteiger partial charge in [0, 0.05) is 24.2 Å². The van der Waals surface area contributed by atoms with Crippen molar-refractivity contribution in [1.29, 1.82) is 0 Å². The van der Waals surface area contributed by atoms with Gasteiger partial charge in [0.25, 0.3) is 0 Å². The maximum absolute atomic E-state index is 5.83. The lowest BCUT2D eigenvalue weighted by Crippen LogP contribution is -2.15. The predicted molar refractivity (Wildman–Crippen MR) is 72.2 cm³/mol. The van der Waals surface area contributed by atoms with Crippen LogP contribution in [0.2, 0.25) is 0 Å². The SMILES string of the molecule is CC(N)CCc1cc2c3c(ccn3CCC2)c1. The molecule has 1 atom stereocenters. The third kappa shape index (κ3) is 1.98. The van der Waals surface area contributed by atoms with Gasteiger partial charge >= 0.3 is 0 Å². The van der Waals surface area contributed by atoms with E-state index in [1.807, 2.05) is 0 Å². The van der Waals surface area contributed by atoms with Crippen molar-refractivity contribution >= 4 is 10.9 Å². The fraction of sp³-hybridized carbons (Fsp3) is 0.467. The van der Waals surface area contributed by atoms with Crippen LogP contribution in [0.1, 0.15) is 30.9 Å². The third-order valence-electron chi connectivity index (χ3n) is 3.73. The zero-order valence-electron chi connectivity index (χ0n) is 10.4. The normalized spacial score (nSPS) is 16.4. The van der Waals surface area contributed by atoms with Crippen LogP contribution in [0.5, 0.6) is 0 Å². The van der Waals surface area contributed by atoms with Crippen molar-refractivity contribution in [3.63, 3.8) is 0 Å². The summed E-state index contributed by atoms with van der Waals surface area (Å²) in [6.07, 6.45) is 6.90. The molecule has 2 nitrogen and oxygen atoms in total. The highest BCUT2D eigenvalue weighted by Crippen LogP contribution is 2.28. The minimum atomic E-state index is 0.298. The van der Waals surface area contributed by atoms with Crippen molar-refractivity contribution in [2.75, 3.05) is 0 Å². The van der Waals surface area contributed by atoms with Crippen LogP contribution in [-0.2, 0) is 19.4 Å². The summed E-state index contributed by atoms with van der Waals surface area (Å²) < 4.78 is 2.39. The van der Waals surface area contributed by atoms with Crippen molar-refractivity contribution in [3.8, 4) is 0 Å². The van der Waals surface area contributed by atoms with E-state index in [9.17, 15) is 0 Å². The maximum Gasteiger partial charge on any atom is 0.0513 e. The number of benzene rings is 1. The van der Waals surface area contributed by atoms with E-state index < -0.39 is 0 Å². The lowest BCUT2D eigenvalue weighted by molar-refractivity contribution is 0.633. The van der Waals surface area contributed by atoms with Crippen LogP contribution in [0, 0.1) is 0 Å². The Hall–Kier alpha value is -1.28. The molecule has 90 valence electrons. The van der Waals surface area contributed by atoms with E-state index in [0.717, 1.165) is 12.8 Å². The van der Waals surface area contributed by atoms with Crippen LogP contribution in [0.25, 0.3) is 10.9 Å². The number of hydrogen-bond donors (Lipinski definition) is 1. The average Bonchev–Trinajstić information content (AvgIpc) is 2.72. The second kappa shape index (κ2) is 4.19. The summed E-state index contributed by atoms with van der Waals surface area (Å²) in [7, 11) is 0. The molecule has 2 heterocycles. The minimum absolute atomic E-state index is 0.298. The summed E-state index contributed by atoms with van der Waals surface area (Å²) >= 11 is 0. The zero-order chi connectivity index (χ0) is 11.8. The lowest BCUT2D eigenvalue weighted by atomic mass is 9.97. The number of rotatable bonds is 3. The second-order valence-corrected chi connectivity index (χ2v) is 5.32. The molecule has 0 saturated heterocycles. The Balaban J connectivity index is 2.00. The van der Waals surface area contributed by atoms with Crippen molar-refractivity contribution < 1.29 is 0 Å². The molecule has 0 bridgehead atoms. The van der Waals surface area contributed by atoms with Gasteiger partial charge in [-0.25, -0.2) is 0 Å². The molecular weight excluding hydrogens is 208 g/mol. The van der Waals surface area contributed by atoms with E-state index >= 15 is 0 Å². The fourth-order valence-corrected chi connectivity index (χ4v) is 2.86. The first-order chi connectivity index (χ1) is 8.24. The van der Waals surface area contributed by atoms with E-state index in [2.05, 4.69) is 35.9 Å². The maximum atomic E-state index is 5.83. The largest absolute Gasteiger partial charge is 0.347 e. The van der Waals surface area contributed by atoms with Gasteiger partial charge in [0.05, 0.1) is 5.52 Å². The molecule has 1 aromatic heterocycles. The zero-order valence-corrected chi connectivity index (χ0v) is 10.4. The van der Waals surface area contributed by atoms with Crippen molar-refractivity contribution in [1.82, 2.24) is 4.57 Å². The van der Waals surface area contributed by atoms with Gasteiger partial charge < -0.3 is 10.3 Å². The lowest BCUT2D eigenvalue weighted by Gasteiger charge is -2.17. The average molecular weight is 228 g/mol. The van der Waals surface area contributed by atoms with Crippen LogP contribution in [0.4, 0.5) is 0 Å². The summed E-state index contributed by atoms with van der Waals surface area (Å²) in [6.45, 7) is 3.26. The van der Waals surface area contributed by atoms with Crippen molar-refractivity contribution in [3.05, 3.63) is 35.5 Å². The molecule has 2 aromatic rings. The molecule has 17 heavy (non-hydrogen) atoms. The molecule has 0 radical (unpaired) electrons. The van der Waals surface area contributed by atoms with E-state index in [1.54, 1.807) is 0 Å². The van der Waals surface area contributed by atoms with E-state index in [4.69, 9.17) is 5.73 Å². The number of nitrogens with zero attached hydrogens (tertiary/aromatic N) is 1. The summed E-state index contributed by atoms with van der Waals surface area (Å²) in [6, 6.07) is 7.27. The van der Waals surface area contributed by atoms with Gasteiger partial charge in [0.15, 0.2) is 0 Å². The third-order valence-corrected chi connectivity index (χ3v) is 3.73. The van der Waals surface area contributed by atoms with Crippen LogP contribution in [0.3, 0.4) is 0 Å².